The first-order valence-corrected chi connectivity index (χ1v) is 12.5. The van der Waals surface area contributed by atoms with Gasteiger partial charge in [-0.2, -0.15) is 0 Å². The van der Waals surface area contributed by atoms with Crippen molar-refractivity contribution in [3.05, 3.63) is 96.1 Å². The number of amides is 2. The minimum absolute atomic E-state index is 0.0966. The van der Waals surface area contributed by atoms with Crippen LogP contribution in [0.2, 0.25) is 0 Å². The molecule has 0 aromatic heterocycles. The number of rotatable bonds is 5. The molecule has 3 aromatic rings. The third-order valence-corrected chi connectivity index (χ3v) is 7.08. The number of aliphatic hydroxyl groups is 1. The molecule has 3 N–H and O–H groups in total. The van der Waals surface area contributed by atoms with E-state index in [1.807, 2.05) is 36.4 Å². The smallest absolute Gasteiger partial charge is 0.235 e. The van der Waals surface area contributed by atoms with Gasteiger partial charge in [0.15, 0.2) is 0 Å². The fourth-order valence-corrected chi connectivity index (χ4v) is 5.18. The summed E-state index contributed by atoms with van der Waals surface area (Å²) in [6.45, 7) is 7.80. The molecule has 192 valence electrons. The summed E-state index contributed by atoms with van der Waals surface area (Å²) in [5.74, 6) is -4.38. The molecule has 0 radical (unpaired) electrons. The van der Waals surface area contributed by atoms with Gasteiger partial charge in [0.25, 0.3) is 0 Å². The Bertz CT molecular complexity index is 1260. The highest BCUT2D eigenvalue weighted by Crippen LogP contribution is 2.47. The molecule has 0 aliphatic heterocycles. The molecule has 1 fully saturated rings. The quantitative estimate of drug-likeness (QED) is 0.416. The summed E-state index contributed by atoms with van der Waals surface area (Å²) in [6.07, 6.45) is -0.302. The summed E-state index contributed by atoms with van der Waals surface area (Å²) in [5, 5.41) is 17.2. The largest absolute Gasteiger partial charge is 0.389 e. The summed E-state index contributed by atoms with van der Waals surface area (Å²) in [7, 11) is 0. The van der Waals surface area contributed by atoms with Crippen molar-refractivity contribution in [3.63, 3.8) is 0 Å². The normalized spacial score (nSPS) is 23.8. The molecule has 0 heterocycles. The second-order valence-corrected chi connectivity index (χ2v) is 11.1. The van der Waals surface area contributed by atoms with E-state index < -0.39 is 41.0 Å². The van der Waals surface area contributed by atoms with Crippen LogP contribution in [-0.4, -0.2) is 28.3 Å². The monoisotopic (exact) mass is 498 g/mol. The van der Waals surface area contributed by atoms with Crippen LogP contribution < -0.4 is 10.6 Å². The highest BCUT2D eigenvalue weighted by Gasteiger charge is 2.55. The van der Waals surface area contributed by atoms with Crippen LogP contribution in [0.15, 0.2) is 84.9 Å². The van der Waals surface area contributed by atoms with Gasteiger partial charge in [0.1, 0.15) is 11.7 Å². The van der Waals surface area contributed by atoms with Gasteiger partial charge < -0.3 is 15.7 Å². The average molecular weight is 499 g/mol. The van der Waals surface area contributed by atoms with E-state index in [0.29, 0.717) is 16.9 Å². The fraction of sp³-hybridized carbons (Fsp3) is 0.323. The summed E-state index contributed by atoms with van der Waals surface area (Å²) >= 11 is 0. The molecule has 1 aliphatic rings. The van der Waals surface area contributed by atoms with Gasteiger partial charge in [-0.3, -0.25) is 14.4 Å². The Morgan fingerprint density at radius 2 is 1.30 bits per heavy atom. The number of para-hydroxylation sites is 2. The maximum Gasteiger partial charge on any atom is 0.235 e. The second-order valence-electron chi connectivity index (χ2n) is 11.1. The van der Waals surface area contributed by atoms with Gasteiger partial charge in [0, 0.05) is 23.7 Å². The SMILES string of the molecule is CC(C)(C)c1ccc(C2C(C(=O)Nc3ccccc3)C(=O)CC(C)(O)C2C(=O)Nc2ccccc2)cc1. The lowest BCUT2D eigenvalue weighted by atomic mass is 9.61. The number of carbonyl (C=O) groups is 3. The lowest BCUT2D eigenvalue weighted by Crippen LogP contribution is -2.56. The Kier molecular flexibility index (Phi) is 7.32. The Labute approximate surface area is 218 Å². The van der Waals surface area contributed by atoms with E-state index in [1.54, 1.807) is 48.5 Å². The van der Waals surface area contributed by atoms with Gasteiger partial charge in [0.2, 0.25) is 11.8 Å². The van der Waals surface area contributed by atoms with Crippen LogP contribution in [0.5, 0.6) is 0 Å². The van der Waals surface area contributed by atoms with Crippen molar-refractivity contribution >= 4 is 29.0 Å². The van der Waals surface area contributed by atoms with Gasteiger partial charge in [-0.15, -0.1) is 0 Å². The maximum atomic E-state index is 13.7. The fourth-order valence-electron chi connectivity index (χ4n) is 5.18. The minimum Gasteiger partial charge on any atom is -0.389 e. The van der Waals surface area contributed by atoms with E-state index in [9.17, 15) is 19.5 Å². The lowest BCUT2D eigenvalue weighted by molar-refractivity contribution is -0.150. The zero-order chi connectivity index (χ0) is 26.8. The summed E-state index contributed by atoms with van der Waals surface area (Å²) < 4.78 is 0. The molecule has 6 nitrogen and oxygen atoms in total. The van der Waals surface area contributed by atoms with Crippen LogP contribution in [0.25, 0.3) is 0 Å². The molecule has 6 heteroatoms. The molecule has 0 spiro atoms. The Morgan fingerprint density at radius 1 is 0.811 bits per heavy atom. The highest BCUT2D eigenvalue weighted by molar-refractivity contribution is 6.10. The molecular formula is C31H34N2O4. The zero-order valence-electron chi connectivity index (χ0n) is 21.7. The second kappa shape index (κ2) is 10.3. The number of ketones is 1. The molecule has 37 heavy (non-hydrogen) atoms. The molecule has 0 bridgehead atoms. The molecule has 0 saturated heterocycles. The third kappa shape index (κ3) is 5.81. The first-order valence-electron chi connectivity index (χ1n) is 12.5. The number of nitrogens with one attached hydrogen (secondary N) is 2. The molecule has 1 saturated carbocycles. The van der Waals surface area contributed by atoms with E-state index >= 15 is 0 Å². The van der Waals surface area contributed by atoms with Crippen LogP contribution >= 0.6 is 0 Å². The molecule has 4 rings (SSSR count). The molecule has 4 unspecified atom stereocenters. The van der Waals surface area contributed by atoms with Crippen LogP contribution in [0.3, 0.4) is 0 Å². The first kappa shape index (κ1) is 26.3. The van der Waals surface area contributed by atoms with Crippen molar-refractivity contribution in [2.45, 2.75) is 51.0 Å². The van der Waals surface area contributed by atoms with Crippen LogP contribution in [-0.2, 0) is 19.8 Å². The van der Waals surface area contributed by atoms with Crippen LogP contribution in [0, 0.1) is 11.8 Å². The van der Waals surface area contributed by atoms with Gasteiger partial charge in [-0.25, -0.2) is 0 Å². The molecule has 2 amide bonds. The average Bonchev–Trinajstić information content (AvgIpc) is 2.83. The maximum absolute atomic E-state index is 13.7. The number of hydrogen-bond donors (Lipinski definition) is 3. The Hall–Kier alpha value is -3.77. The Morgan fingerprint density at radius 3 is 1.78 bits per heavy atom. The van der Waals surface area contributed by atoms with Gasteiger partial charge in [-0.05, 0) is 47.7 Å². The van der Waals surface area contributed by atoms with E-state index in [-0.39, 0.29) is 11.8 Å². The van der Waals surface area contributed by atoms with Crippen molar-refractivity contribution in [2.75, 3.05) is 10.6 Å². The van der Waals surface area contributed by atoms with Crippen molar-refractivity contribution in [1.82, 2.24) is 0 Å². The predicted molar refractivity (Wildman–Crippen MR) is 145 cm³/mol. The number of hydrogen-bond acceptors (Lipinski definition) is 4. The van der Waals surface area contributed by atoms with E-state index in [4.69, 9.17) is 0 Å². The minimum atomic E-state index is -1.65. The number of Topliss-reactive ketones (excluding diaryl/α,β-unsaturated/α-hetero) is 1. The number of carbonyl (C=O) groups excluding carboxylic acids is 3. The van der Waals surface area contributed by atoms with Crippen LogP contribution in [0.4, 0.5) is 11.4 Å². The van der Waals surface area contributed by atoms with Gasteiger partial charge in [-0.1, -0.05) is 81.4 Å². The van der Waals surface area contributed by atoms with Crippen LogP contribution in [0.1, 0.15) is 51.2 Å². The standard InChI is InChI=1S/C31H34N2O4/c1-30(2,3)21-17-15-20(16-18-21)25-26(28(35)32-22-11-7-5-8-12-22)24(34)19-31(4,37)27(25)29(36)33-23-13-9-6-10-14-23/h5-18,25-27,37H,19H2,1-4H3,(H,32,35)(H,33,36). The van der Waals surface area contributed by atoms with Gasteiger partial charge in [0.05, 0.1) is 11.5 Å². The van der Waals surface area contributed by atoms with E-state index in [2.05, 4.69) is 31.4 Å². The molecule has 3 aromatic carbocycles. The highest BCUT2D eigenvalue weighted by atomic mass is 16.3. The molecule has 1 aliphatic carbocycles. The summed E-state index contributed by atoms with van der Waals surface area (Å²) in [5.41, 5.74) is 1.13. The first-order chi connectivity index (χ1) is 17.5. The topological polar surface area (TPSA) is 95.5 Å². The third-order valence-electron chi connectivity index (χ3n) is 7.08. The van der Waals surface area contributed by atoms with Crippen molar-refractivity contribution < 1.29 is 19.5 Å². The lowest BCUT2D eigenvalue weighted by Gasteiger charge is -2.44. The van der Waals surface area contributed by atoms with E-state index in [1.165, 1.54) is 6.92 Å². The van der Waals surface area contributed by atoms with E-state index in [0.717, 1.165) is 5.56 Å². The summed E-state index contributed by atoms with van der Waals surface area (Å²) in [4.78, 5) is 40.7. The Balaban J connectivity index is 1.78. The molecule has 4 atom stereocenters. The number of anilines is 2. The summed E-state index contributed by atoms with van der Waals surface area (Å²) in [6, 6.07) is 25.5. The zero-order valence-corrected chi connectivity index (χ0v) is 21.7. The van der Waals surface area contributed by atoms with Crippen molar-refractivity contribution in [1.29, 1.82) is 0 Å². The van der Waals surface area contributed by atoms with Gasteiger partial charge >= 0.3 is 0 Å². The van der Waals surface area contributed by atoms with Crippen molar-refractivity contribution in [3.8, 4) is 0 Å². The van der Waals surface area contributed by atoms with Crippen molar-refractivity contribution in [2.24, 2.45) is 11.8 Å². The molecular weight excluding hydrogens is 464 g/mol. The predicted octanol–water partition coefficient (Wildman–Crippen LogP) is 5.30. The number of benzene rings is 3.